The average molecular weight is 195 g/mol. The van der Waals surface area contributed by atoms with E-state index >= 15 is 0 Å². The predicted octanol–water partition coefficient (Wildman–Crippen LogP) is -0.372. The summed E-state index contributed by atoms with van der Waals surface area (Å²) < 4.78 is 21.9. The van der Waals surface area contributed by atoms with Gasteiger partial charge in [0.15, 0.2) is 9.84 Å². The van der Waals surface area contributed by atoms with Gasteiger partial charge in [0.05, 0.1) is 11.5 Å². The van der Waals surface area contributed by atoms with Crippen LogP contribution in [-0.4, -0.2) is 31.1 Å². The van der Waals surface area contributed by atoms with E-state index in [-0.39, 0.29) is 17.4 Å². The van der Waals surface area contributed by atoms with Gasteiger partial charge in [-0.1, -0.05) is 6.92 Å². The van der Waals surface area contributed by atoms with Gasteiger partial charge >= 0.3 is 0 Å². The molecule has 0 spiro atoms. The Hall–Kier alpha value is -0.850. The zero-order valence-corrected chi connectivity index (χ0v) is 7.28. The van der Waals surface area contributed by atoms with Crippen LogP contribution in [0, 0.1) is 16.0 Å². The molecule has 1 fully saturated rings. The van der Waals surface area contributed by atoms with E-state index in [1.54, 1.807) is 6.92 Å². The van der Waals surface area contributed by atoms with Crippen LogP contribution in [0.15, 0.2) is 0 Å². The second-order valence-corrected chi connectivity index (χ2v) is 5.08. The van der Waals surface area contributed by atoms with Crippen molar-refractivity contribution in [1.29, 1.82) is 0 Å². The van der Waals surface area contributed by atoms with Crippen molar-refractivity contribution in [3.05, 3.63) is 10.1 Å². The Morgan fingerprint density at radius 3 is 2.42 bits per heavy atom. The summed E-state index contributed by atoms with van der Waals surface area (Å²) in [5.74, 6) is -0.555. The molecule has 0 aromatic heterocycles. The first-order valence-electron chi connectivity index (χ1n) is 3.42. The summed E-state index contributed by atoms with van der Waals surface area (Å²) in [6.45, 7) is 1.62. The summed E-state index contributed by atoms with van der Waals surface area (Å²) in [6.07, 6.45) is -0.787. The Bertz CT molecular complexity index is 284. The molecule has 0 saturated carbocycles. The molecule has 1 aliphatic heterocycles. The fourth-order valence-corrected chi connectivity index (χ4v) is 3.28. The molecule has 0 N–H and O–H groups in total. The Balaban J connectivity index is 2.64. The van der Waals surface area contributed by atoms with Gasteiger partial charge in [0, 0.05) is 0 Å². The molecule has 7 heteroatoms. The van der Waals surface area contributed by atoms with Gasteiger partial charge in [-0.05, 0) is 5.92 Å². The second kappa shape index (κ2) is 2.89. The monoisotopic (exact) mass is 195 g/mol. The molecule has 0 bridgehead atoms. The van der Waals surface area contributed by atoms with Gasteiger partial charge < -0.3 is 4.84 Å². The molecule has 0 aromatic carbocycles. The summed E-state index contributed by atoms with van der Waals surface area (Å²) in [7, 11) is -3.12. The Labute approximate surface area is 69.5 Å². The Kier molecular flexibility index (Phi) is 2.22. The van der Waals surface area contributed by atoms with Crippen LogP contribution >= 0.6 is 0 Å². The van der Waals surface area contributed by atoms with Crippen LogP contribution in [0.3, 0.4) is 0 Å². The topological polar surface area (TPSA) is 86.5 Å². The molecule has 0 aliphatic carbocycles. The molecule has 0 aromatic rings. The molecule has 1 saturated heterocycles. The van der Waals surface area contributed by atoms with Gasteiger partial charge in [0.1, 0.15) is 6.10 Å². The Morgan fingerprint density at radius 1 is 1.50 bits per heavy atom. The molecule has 1 aliphatic rings. The largest absolute Gasteiger partial charge is 0.309 e. The standard InChI is InChI=1S/C5H9NO5S/c1-4-2-12(9,10)3-5(4)11-6(7)8/h4-5H,2-3H2,1H3. The van der Waals surface area contributed by atoms with Crippen LogP contribution in [0.25, 0.3) is 0 Å². The van der Waals surface area contributed by atoms with Crippen LogP contribution in [0.1, 0.15) is 6.92 Å². The van der Waals surface area contributed by atoms with Gasteiger partial charge in [-0.15, -0.1) is 10.1 Å². The lowest BCUT2D eigenvalue weighted by Crippen LogP contribution is -2.23. The number of hydrogen-bond acceptors (Lipinski definition) is 5. The van der Waals surface area contributed by atoms with E-state index in [1.807, 2.05) is 0 Å². The van der Waals surface area contributed by atoms with Gasteiger partial charge in [0.25, 0.3) is 5.09 Å². The first kappa shape index (κ1) is 9.24. The summed E-state index contributed by atoms with van der Waals surface area (Å²) in [5, 5.41) is 8.96. The summed E-state index contributed by atoms with van der Waals surface area (Å²) in [4.78, 5) is 14.1. The molecular weight excluding hydrogens is 186 g/mol. The molecule has 6 nitrogen and oxygen atoms in total. The van der Waals surface area contributed by atoms with Gasteiger partial charge in [-0.3, -0.25) is 0 Å². The van der Waals surface area contributed by atoms with Crippen molar-refractivity contribution >= 4 is 9.84 Å². The van der Waals surface area contributed by atoms with Gasteiger partial charge in [-0.25, -0.2) is 8.42 Å². The molecule has 2 atom stereocenters. The van der Waals surface area contributed by atoms with Crippen molar-refractivity contribution in [2.45, 2.75) is 13.0 Å². The highest BCUT2D eigenvalue weighted by Crippen LogP contribution is 2.21. The number of rotatable bonds is 2. The quantitative estimate of drug-likeness (QED) is 0.443. The highest BCUT2D eigenvalue weighted by molar-refractivity contribution is 7.91. The normalized spacial score (nSPS) is 33.1. The molecule has 0 radical (unpaired) electrons. The van der Waals surface area contributed by atoms with Crippen molar-refractivity contribution < 1.29 is 18.3 Å². The number of sulfone groups is 1. The Morgan fingerprint density at radius 2 is 2.08 bits per heavy atom. The molecule has 1 heterocycles. The number of nitrogens with zero attached hydrogens (tertiary/aromatic N) is 1. The van der Waals surface area contributed by atoms with Crippen LogP contribution in [0.4, 0.5) is 0 Å². The highest BCUT2D eigenvalue weighted by atomic mass is 32.2. The third-order valence-corrected chi connectivity index (χ3v) is 3.66. The predicted molar refractivity (Wildman–Crippen MR) is 39.7 cm³/mol. The molecule has 70 valence electrons. The van der Waals surface area contributed by atoms with Gasteiger partial charge in [-0.2, -0.15) is 0 Å². The average Bonchev–Trinajstić information content (AvgIpc) is 2.03. The van der Waals surface area contributed by atoms with E-state index in [0.29, 0.717) is 0 Å². The van der Waals surface area contributed by atoms with Crippen LogP contribution in [-0.2, 0) is 14.7 Å². The maximum atomic E-state index is 10.9. The van der Waals surface area contributed by atoms with Crippen molar-refractivity contribution in [2.24, 2.45) is 5.92 Å². The van der Waals surface area contributed by atoms with E-state index in [0.717, 1.165) is 0 Å². The van der Waals surface area contributed by atoms with E-state index in [4.69, 9.17) is 0 Å². The minimum atomic E-state index is -3.12. The van der Waals surface area contributed by atoms with Crippen molar-refractivity contribution in [1.82, 2.24) is 0 Å². The van der Waals surface area contributed by atoms with E-state index in [1.165, 1.54) is 0 Å². The van der Waals surface area contributed by atoms with E-state index in [9.17, 15) is 18.5 Å². The summed E-state index contributed by atoms with van der Waals surface area (Å²) >= 11 is 0. The lowest BCUT2D eigenvalue weighted by Gasteiger charge is -2.09. The molecular formula is C5H9NO5S. The van der Waals surface area contributed by atoms with Crippen LogP contribution in [0.5, 0.6) is 0 Å². The fourth-order valence-electron chi connectivity index (χ4n) is 1.24. The number of hydrogen-bond donors (Lipinski definition) is 0. The molecule has 1 rings (SSSR count). The second-order valence-electron chi connectivity index (χ2n) is 2.92. The highest BCUT2D eigenvalue weighted by Gasteiger charge is 2.37. The minimum absolute atomic E-state index is 0.0223. The van der Waals surface area contributed by atoms with E-state index < -0.39 is 21.0 Å². The zero-order chi connectivity index (χ0) is 9.35. The lowest BCUT2D eigenvalue weighted by atomic mass is 10.1. The third-order valence-electron chi connectivity index (χ3n) is 1.79. The maximum absolute atomic E-state index is 10.9. The minimum Gasteiger partial charge on any atom is -0.309 e. The smallest absolute Gasteiger partial charge is 0.294 e. The lowest BCUT2D eigenvalue weighted by molar-refractivity contribution is -0.768. The van der Waals surface area contributed by atoms with Crippen molar-refractivity contribution in [2.75, 3.05) is 11.5 Å². The van der Waals surface area contributed by atoms with Crippen LogP contribution < -0.4 is 0 Å². The van der Waals surface area contributed by atoms with Crippen LogP contribution in [0.2, 0.25) is 0 Å². The molecule has 2 unspecified atom stereocenters. The molecule has 12 heavy (non-hydrogen) atoms. The first-order valence-corrected chi connectivity index (χ1v) is 5.24. The maximum Gasteiger partial charge on any atom is 0.294 e. The van der Waals surface area contributed by atoms with Crippen molar-refractivity contribution in [3.8, 4) is 0 Å². The summed E-state index contributed by atoms with van der Waals surface area (Å²) in [5.41, 5.74) is 0. The first-order chi connectivity index (χ1) is 5.41. The summed E-state index contributed by atoms with van der Waals surface area (Å²) in [6, 6.07) is 0. The zero-order valence-electron chi connectivity index (χ0n) is 6.47. The molecule has 0 amide bonds. The van der Waals surface area contributed by atoms with Crippen molar-refractivity contribution in [3.63, 3.8) is 0 Å². The SMILES string of the molecule is CC1CS(=O)(=O)CC1O[N+](=O)[O-]. The third kappa shape index (κ3) is 2.07. The van der Waals surface area contributed by atoms with E-state index in [2.05, 4.69) is 4.84 Å². The van der Waals surface area contributed by atoms with Gasteiger partial charge in [0.2, 0.25) is 0 Å². The fraction of sp³-hybridized carbons (Fsp3) is 1.00.